The summed E-state index contributed by atoms with van der Waals surface area (Å²) in [4.78, 5) is 6.82. The third kappa shape index (κ3) is 3.91. The van der Waals surface area contributed by atoms with Crippen LogP contribution in [-0.4, -0.2) is 34.5 Å². The van der Waals surface area contributed by atoms with Crippen LogP contribution in [0, 0.1) is 0 Å². The molecular weight excluding hydrogens is 408 g/mol. The smallest absolute Gasteiger partial charge is 0.174 e. The molecule has 4 heterocycles. The highest BCUT2D eigenvalue weighted by molar-refractivity contribution is 7.80. The summed E-state index contributed by atoms with van der Waals surface area (Å²) >= 11 is 5.83. The van der Waals surface area contributed by atoms with E-state index >= 15 is 0 Å². The summed E-state index contributed by atoms with van der Waals surface area (Å²) in [5.41, 5.74) is 3.14. The van der Waals surface area contributed by atoms with E-state index in [1.165, 1.54) is 5.69 Å². The minimum absolute atomic E-state index is 0.0501. The molecule has 0 unspecified atom stereocenters. The predicted octanol–water partition coefficient (Wildman–Crippen LogP) is 4.25. The fourth-order valence-electron chi connectivity index (χ4n) is 4.56. The lowest BCUT2D eigenvalue weighted by Crippen LogP contribution is -2.31. The van der Waals surface area contributed by atoms with Gasteiger partial charge < -0.3 is 24.3 Å². The molecule has 160 valence electrons. The molecule has 1 aromatic carbocycles. The number of nitrogens with zero attached hydrogens (tertiary/aromatic N) is 3. The molecule has 2 aliphatic heterocycles. The van der Waals surface area contributed by atoms with Crippen LogP contribution in [0.3, 0.4) is 0 Å². The first-order valence-electron chi connectivity index (χ1n) is 10.7. The molecule has 1 N–H and O–H groups in total. The van der Waals surface area contributed by atoms with Crippen molar-refractivity contribution in [3.8, 4) is 5.75 Å². The van der Waals surface area contributed by atoms with Crippen molar-refractivity contribution in [3.63, 3.8) is 0 Å². The number of methoxy groups -OCH3 is 1. The average molecular weight is 435 g/mol. The highest BCUT2D eigenvalue weighted by atomic mass is 32.1. The van der Waals surface area contributed by atoms with E-state index in [-0.39, 0.29) is 18.2 Å². The van der Waals surface area contributed by atoms with Crippen LogP contribution in [0.4, 0.5) is 5.69 Å². The quantitative estimate of drug-likeness (QED) is 0.586. The Kier molecular flexibility index (Phi) is 5.61. The van der Waals surface area contributed by atoms with Crippen molar-refractivity contribution in [1.29, 1.82) is 0 Å². The molecule has 0 bridgehead atoms. The van der Waals surface area contributed by atoms with Gasteiger partial charge in [0.2, 0.25) is 0 Å². The zero-order valence-corrected chi connectivity index (χ0v) is 18.3. The standard InChI is InChI=1S/C24H26N4O2S/c1-29-18-8-4-7-17(15-18)28-23(22(26-24(28)31)20-10-2-3-12-25-20)21-11-5-13-27(21)16-19-9-6-14-30-19/h2-5,7-8,10-13,15,19,22-23H,6,9,14,16H2,1H3,(H,26,31)/t19-,22-,23-/m1/s1. The first-order valence-corrected chi connectivity index (χ1v) is 11.1. The Bertz CT molecular complexity index is 1050. The maximum Gasteiger partial charge on any atom is 0.174 e. The molecule has 0 radical (unpaired) electrons. The number of thiocarbonyl (C=S) groups is 1. The summed E-state index contributed by atoms with van der Waals surface area (Å²) < 4.78 is 13.7. The van der Waals surface area contributed by atoms with Crippen molar-refractivity contribution in [2.75, 3.05) is 18.6 Å². The van der Waals surface area contributed by atoms with Crippen molar-refractivity contribution >= 4 is 23.0 Å². The molecule has 2 aromatic heterocycles. The summed E-state index contributed by atoms with van der Waals surface area (Å²) in [6.07, 6.45) is 6.45. The highest BCUT2D eigenvalue weighted by Gasteiger charge is 2.42. The van der Waals surface area contributed by atoms with Gasteiger partial charge in [-0.3, -0.25) is 4.98 Å². The lowest BCUT2D eigenvalue weighted by Gasteiger charge is -2.29. The van der Waals surface area contributed by atoms with Gasteiger partial charge in [0.15, 0.2) is 5.11 Å². The van der Waals surface area contributed by atoms with Crippen molar-refractivity contribution in [2.24, 2.45) is 0 Å². The minimum Gasteiger partial charge on any atom is -0.497 e. The van der Waals surface area contributed by atoms with Crippen molar-refractivity contribution in [2.45, 2.75) is 37.6 Å². The molecule has 7 heteroatoms. The maximum atomic E-state index is 5.91. The molecule has 2 fully saturated rings. The first kappa shape index (κ1) is 20.0. The topological polar surface area (TPSA) is 51.5 Å². The molecule has 0 aliphatic carbocycles. The Labute approximate surface area is 187 Å². The van der Waals surface area contributed by atoms with E-state index in [1.807, 2.05) is 36.5 Å². The SMILES string of the molecule is COc1cccc(N2C(=S)N[C@H](c3ccccn3)[C@H]2c2cccn2C[C@H]2CCCO2)c1. The monoisotopic (exact) mass is 434 g/mol. The van der Waals surface area contributed by atoms with E-state index in [0.717, 1.165) is 43.1 Å². The van der Waals surface area contributed by atoms with E-state index < -0.39 is 0 Å². The van der Waals surface area contributed by atoms with Crippen LogP contribution in [0.2, 0.25) is 0 Å². The van der Waals surface area contributed by atoms with E-state index in [2.05, 4.69) is 50.2 Å². The number of hydrogen-bond acceptors (Lipinski definition) is 4. The zero-order valence-electron chi connectivity index (χ0n) is 17.5. The number of anilines is 1. The molecule has 2 aliphatic rings. The summed E-state index contributed by atoms with van der Waals surface area (Å²) in [6, 6.07) is 18.2. The number of ether oxygens (including phenoxy) is 2. The molecular formula is C24H26N4O2S. The number of benzene rings is 1. The van der Waals surface area contributed by atoms with Crippen LogP contribution in [-0.2, 0) is 11.3 Å². The van der Waals surface area contributed by atoms with Crippen LogP contribution >= 0.6 is 12.2 Å². The summed E-state index contributed by atoms with van der Waals surface area (Å²) in [6.45, 7) is 1.69. The van der Waals surface area contributed by atoms with Crippen LogP contribution in [0.25, 0.3) is 0 Å². The van der Waals surface area contributed by atoms with Crippen molar-refractivity contribution in [3.05, 3.63) is 78.4 Å². The van der Waals surface area contributed by atoms with Crippen molar-refractivity contribution in [1.82, 2.24) is 14.9 Å². The first-order chi connectivity index (χ1) is 15.2. The average Bonchev–Trinajstić information content (AvgIpc) is 3.55. The van der Waals surface area contributed by atoms with Gasteiger partial charge in [-0.2, -0.15) is 0 Å². The second-order valence-electron chi connectivity index (χ2n) is 7.92. The second kappa shape index (κ2) is 8.69. The number of aromatic nitrogens is 2. The molecule has 0 saturated carbocycles. The summed E-state index contributed by atoms with van der Waals surface area (Å²) in [5.74, 6) is 0.801. The molecule has 31 heavy (non-hydrogen) atoms. The number of hydrogen-bond donors (Lipinski definition) is 1. The van der Waals surface area contributed by atoms with Gasteiger partial charge in [0.1, 0.15) is 11.8 Å². The number of rotatable bonds is 6. The van der Waals surface area contributed by atoms with Gasteiger partial charge in [0.25, 0.3) is 0 Å². The second-order valence-corrected chi connectivity index (χ2v) is 8.31. The zero-order chi connectivity index (χ0) is 21.2. The molecule has 0 amide bonds. The lowest BCUT2D eigenvalue weighted by atomic mass is 10.0. The molecule has 6 nitrogen and oxygen atoms in total. The fourth-order valence-corrected chi connectivity index (χ4v) is 4.91. The van der Waals surface area contributed by atoms with E-state index in [0.29, 0.717) is 5.11 Å². The van der Waals surface area contributed by atoms with Gasteiger partial charge in [0.05, 0.1) is 24.9 Å². The Morgan fingerprint density at radius 1 is 1.19 bits per heavy atom. The van der Waals surface area contributed by atoms with Gasteiger partial charge in [-0.05, 0) is 61.5 Å². The molecule has 3 atom stereocenters. The normalized spacial score (nSPS) is 23.2. The van der Waals surface area contributed by atoms with Gasteiger partial charge in [0, 0.05) is 43.0 Å². The number of pyridine rings is 1. The Hall–Kier alpha value is -2.90. The molecule has 3 aromatic rings. The molecule has 5 rings (SSSR count). The van der Waals surface area contributed by atoms with Gasteiger partial charge in [-0.15, -0.1) is 0 Å². The lowest BCUT2D eigenvalue weighted by molar-refractivity contribution is 0.0961. The largest absolute Gasteiger partial charge is 0.497 e. The van der Waals surface area contributed by atoms with E-state index in [4.69, 9.17) is 21.7 Å². The van der Waals surface area contributed by atoms with E-state index in [9.17, 15) is 0 Å². The maximum absolute atomic E-state index is 5.91. The molecule has 2 saturated heterocycles. The van der Waals surface area contributed by atoms with Gasteiger partial charge >= 0.3 is 0 Å². The van der Waals surface area contributed by atoms with Crippen LogP contribution in [0.5, 0.6) is 5.75 Å². The van der Waals surface area contributed by atoms with E-state index in [1.54, 1.807) is 7.11 Å². The summed E-state index contributed by atoms with van der Waals surface area (Å²) in [7, 11) is 1.68. The van der Waals surface area contributed by atoms with Crippen molar-refractivity contribution < 1.29 is 9.47 Å². The third-order valence-corrected chi connectivity index (χ3v) is 6.34. The minimum atomic E-state index is -0.0713. The molecule has 0 spiro atoms. The van der Waals surface area contributed by atoms with Gasteiger partial charge in [-0.1, -0.05) is 12.1 Å². The van der Waals surface area contributed by atoms with Gasteiger partial charge in [-0.25, -0.2) is 0 Å². The Morgan fingerprint density at radius 3 is 2.90 bits per heavy atom. The van der Waals surface area contributed by atoms with Crippen LogP contribution in [0.1, 0.15) is 36.3 Å². The predicted molar refractivity (Wildman–Crippen MR) is 124 cm³/mol. The Balaban J connectivity index is 1.58. The Morgan fingerprint density at radius 2 is 2.13 bits per heavy atom. The fraction of sp³-hybridized carbons (Fsp3) is 0.333. The highest BCUT2D eigenvalue weighted by Crippen LogP contribution is 2.42. The van der Waals surface area contributed by atoms with Crippen LogP contribution in [0.15, 0.2) is 67.0 Å². The number of nitrogens with one attached hydrogen (secondary N) is 1. The third-order valence-electron chi connectivity index (χ3n) is 6.02. The van der Waals surface area contributed by atoms with Crippen LogP contribution < -0.4 is 15.0 Å². The summed E-state index contributed by atoms with van der Waals surface area (Å²) in [5, 5.41) is 4.20.